The fraction of sp³-hybridized carbons (Fsp3) is 0.371. The van der Waals surface area contributed by atoms with E-state index in [2.05, 4.69) is 20.4 Å². The number of pyridine rings is 1. The van der Waals surface area contributed by atoms with Crippen LogP contribution in [0, 0.1) is 5.82 Å². The number of aromatic nitrogens is 1. The largest absolute Gasteiger partial charge is 0.456 e. The third-order valence-electron chi connectivity index (χ3n) is 8.74. The van der Waals surface area contributed by atoms with E-state index in [9.17, 15) is 9.59 Å². The van der Waals surface area contributed by atoms with E-state index in [1.54, 1.807) is 10.8 Å². The van der Waals surface area contributed by atoms with Gasteiger partial charge in [-0.2, -0.15) is 0 Å². The van der Waals surface area contributed by atoms with Gasteiger partial charge in [-0.05, 0) is 64.6 Å². The van der Waals surface area contributed by atoms with Crippen molar-refractivity contribution in [2.45, 2.75) is 19.3 Å². The molecule has 5 aromatic rings. The number of ether oxygens (including phenoxy) is 2. The highest BCUT2D eigenvalue weighted by atomic mass is 19.1. The Morgan fingerprint density at radius 1 is 0.978 bits per heavy atom. The molecule has 1 amide bonds. The molecule has 7 rings (SSSR count). The van der Waals surface area contributed by atoms with Crippen LogP contribution in [0.5, 0.6) is 11.5 Å². The zero-order chi connectivity index (χ0) is 31.8. The summed E-state index contributed by atoms with van der Waals surface area (Å²) < 4.78 is 35.6. The van der Waals surface area contributed by atoms with E-state index in [-0.39, 0.29) is 22.4 Å². The number of unbranched alkanes of at least 4 members (excludes halogenated alkanes) is 1. The summed E-state index contributed by atoms with van der Waals surface area (Å²) in [6.07, 6.45) is 4.04. The molecule has 0 radical (unpaired) electrons. The van der Waals surface area contributed by atoms with Crippen LogP contribution in [0.2, 0.25) is 0 Å². The van der Waals surface area contributed by atoms with Crippen molar-refractivity contribution in [2.24, 2.45) is 0 Å². The Bertz CT molecular complexity index is 2000. The van der Waals surface area contributed by atoms with Crippen molar-refractivity contribution in [1.29, 1.82) is 0 Å². The van der Waals surface area contributed by atoms with Gasteiger partial charge in [0, 0.05) is 49.2 Å². The molecule has 0 spiro atoms. The lowest BCUT2D eigenvalue weighted by atomic mass is 10.0. The van der Waals surface area contributed by atoms with Crippen LogP contribution in [0.25, 0.3) is 38.5 Å². The third-order valence-corrected chi connectivity index (χ3v) is 8.74. The molecule has 3 aromatic carbocycles. The molecule has 4 heterocycles. The maximum absolute atomic E-state index is 15.9. The number of furan rings is 1. The Hall–Kier alpha value is -4.45. The summed E-state index contributed by atoms with van der Waals surface area (Å²) in [5, 5.41) is 7.98. The molecule has 0 atom stereocenters. The van der Waals surface area contributed by atoms with Crippen molar-refractivity contribution in [1.82, 2.24) is 19.7 Å². The minimum absolute atomic E-state index is 0.0637. The second-order valence-electron chi connectivity index (χ2n) is 12.2. The molecule has 11 heteroatoms. The first-order valence-electron chi connectivity index (χ1n) is 15.9. The molecule has 46 heavy (non-hydrogen) atoms. The number of carbonyl (C=O) groups excluding carboxylic acids is 1. The Balaban J connectivity index is 1.28. The third kappa shape index (κ3) is 5.70. The first kappa shape index (κ1) is 30.2. The maximum Gasteiger partial charge on any atom is 0.256 e. The van der Waals surface area contributed by atoms with Gasteiger partial charge in [0.1, 0.15) is 27.9 Å². The first-order valence-corrected chi connectivity index (χ1v) is 15.9. The zero-order valence-corrected chi connectivity index (χ0v) is 26.2. The number of nitrogens with one attached hydrogen (secondary N) is 2. The van der Waals surface area contributed by atoms with Crippen LogP contribution < -0.4 is 20.8 Å². The van der Waals surface area contributed by atoms with E-state index in [1.807, 2.05) is 50.5 Å². The molecule has 0 bridgehead atoms. The van der Waals surface area contributed by atoms with Gasteiger partial charge in [-0.15, -0.1) is 0 Å². The Labute approximate surface area is 265 Å². The Morgan fingerprint density at radius 3 is 2.63 bits per heavy atom. The molecule has 2 N–H and O–H groups in total. The van der Waals surface area contributed by atoms with Crippen LogP contribution >= 0.6 is 0 Å². The van der Waals surface area contributed by atoms with Crippen LogP contribution in [-0.4, -0.2) is 86.9 Å². The highest BCUT2D eigenvalue weighted by molar-refractivity contribution is 6.07. The molecule has 0 aliphatic carbocycles. The Morgan fingerprint density at radius 2 is 1.80 bits per heavy atom. The molecule has 2 aromatic heterocycles. The topological polar surface area (TPSA) is 101 Å². The molecule has 1 saturated heterocycles. The lowest BCUT2D eigenvalue weighted by Gasteiger charge is -2.27. The van der Waals surface area contributed by atoms with Crippen LogP contribution in [0.3, 0.4) is 0 Å². The van der Waals surface area contributed by atoms with Crippen molar-refractivity contribution < 1.29 is 23.1 Å². The number of hydrogen-bond acceptors (Lipinski definition) is 8. The van der Waals surface area contributed by atoms with Gasteiger partial charge in [0.25, 0.3) is 5.91 Å². The van der Waals surface area contributed by atoms with E-state index >= 15 is 4.39 Å². The standard InChI is InChI=1S/C35H38FN5O5/c1-39(2)12-6-5-10-37-31-26(36)18-24-32-34(31)46-30-19-23-22-8-3-4-9-28(22)45-29(23)20-27(30)41(32)21-25(33(24)42)35(43)38-11-7-13-40-14-16-44-17-15-40/h3-4,8-9,18-21,37H,5-7,10-17H2,1-2H3,(H,38,43). The molecule has 2 aliphatic rings. The lowest BCUT2D eigenvalue weighted by molar-refractivity contribution is 0.0374. The molecule has 240 valence electrons. The predicted molar refractivity (Wildman–Crippen MR) is 177 cm³/mol. The maximum atomic E-state index is 15.9. The number of anilines is 1. The van der Waals surface area contributed by atoms with Gasteiger partial charge in [-0.1, -0.05) is 18.2 Å². The number of hydrogen-bond donors (Lipinski definition) is 2. The number of benzene rings is 3. The summed E-state index contributed by atoms with van der Waals surface area (Å²) in [6.45, 7) is 5.83. The molecule has 2 aliphatic heterocycles. The highest BCUT2D eigenvalue weighted by Gasteiger charge is 2.29. The SMILES string of the molecule is CN(C)CCCCNc1c(F)cc2c(=O)c(C(=O)NCCCN3CCOCC3)cn3c2c1Oc1cc2c(cc1-3)oc1ccccc12. The van der Waals surface area contributed by atoms with Gasteiger partial charge >= 0.3 is 0 Å². The Kier molecular flexibility index (Phi) is 8.37. The van der Waals surface area contributed by atoms with Crippen molar-refractivity contribution in [3.63, 3.8) is 0 Å². The number of amides is 1. The van der Waals surface area contributed by atoms with Gasteiger partial charge < -0.3 is 34.0 Å². The van der Waals surface area contributed by atoms with E-state index in [0.717, 1.165) is 61.8 Å². The summed E-state index contributed by atoms with van der Waals surface area (Å²) in [5.74, 6) is -0.424. The summed E-state index contributed by atoms with van der Waals surface area (Å²) >= 11 is 0. The number of halogens is 1. The minimum atomic E-state index is -0.611. The van der Waals surface area contributed by atoms with Gasteiger partial charge in [0.05, 0.1) is 24.3 Å². The van der Waals surface area contributed by atoms with E-state index in [1.165, 1.54) is 6.07 Å². The predicted octanol–water partition coefficient (Wildman–Crippen LogP) is 5.34. The zero-order valence-electron chi connectivity index (χ0n) is 26.2. The lowest BCUT2D eigenvalue weighted by Crippen LogP contribution is -2.38. The molecular formula is C35H38FN5O5. The normalized spacial score (nSPS) is 14.6. The number of carbonyl (C=O) groups is 1. The molecular weight excluding hydrogens is 589 g/mol. The number of nitrogens with zero attached hydrogens (tertiary/aromatic N) is 3. The fourth-order valence-electron chi connectivity index (χ4n) is 6.35. The molecule has 10 nitrogen and oxygen atoms in total. The van der Waals surface area contributed by atoms with E-state index in [4.69, 9.17) is 13.9 Å². The number of fused-ring (bicyclic) bond motifs is 5. The second kappa shape index (κ2) is 12.7. The summed E-state index contributed by atoms with van der Waals surface area (Å²) in [5.41, 5.74) is 1.93. The van der Waals surface area contributed by atoms with Crippen molar-refractivity contribution in [3.8, 4) is 17.2 Å². The van der Waals surface area contributed by atoms with Crippen LogP contribution in [0.15, 0.2) is 57.9 Å². The summed E-state index contributed by atoms with van der Waals surface area (Å²) in [4.78, 5) is 31.7. The molecule has 1 fully saturated rings. The number of morpholine rings is 1. The smallest absolute Gasteiger partial charge is 0.256 e. The first-order chi connectivity index (χ1) is 22.4. The van der Waals surface area contributed by atoms with Gasteiger partial charge in [0.2, 0.25) is 5.43 Å². The molecule has 0 unspecified atom stereocenters. The second-order valence-corrected chi connectivity index (χ2v) is 12.2. The van der Waals surface area contributed by atoms with Gasteiger partial charge in [-0.3, -0.25) is 14.5 Å². The minimum Gasteiger partial charge on any atom is -0.456 e. The van der Waals surface area contributed by atoms with E-state index in [0.29, 0.717) is 48.8 Å². The van der Waals surface area contributed by atoms with Crippen LogP contribution in [0.4, 0.5) is 10.1 Å². The van der Waals surface area contributed by atoms with E-state index < -0.39 is 17.2 Å². The summed E-state index contributed by atoms with van der Waals surface area (Å²) in [6, 6.07) is 12.7. The van der Waals surface area contributed by atoms with Crippen LogP contribution in [-0.2, 0) is 4.74 Å². The number of para-hydroxylation sites is 1. The highest BCUT2D eigenvalue weighted by Crippen LogP contribution is 2.47. The monoisotopic (exact) mass is 627 g/mol. The number of rotatable bonds is 11. The summed E-state index contributed by atoms with van der Waals surface area (Å²) in [7, 11) is 4.04. The van der Waals surface area contributed by atoms with Crippen molar-refractivity contribution in [2.75, 3.05) is 71.9 Å². The average Bonchev–Trinajstić information content (AvgIpc) is 3.42. The van der Waals surface area contributed by atoms with Gasteiger partial charge in [-0.25, -0.2) is 4.39 Å². The quantitative estimate of drug-likeness (QED) is 0.186. The van der Waals surface area contributed by atoms with Gasteiger partial charge in [0.15, 0.2) is 17.3 Å². The van der Waals surface area contributed by atoms with Crippen LogP contribution in [0.1, 0.15) is 29.6 Å². The fourth-order valence-corrected chi connectivity index (χ4v) is 6.35. The average molecular weight is 628 g/mol. The molecule has 0 saturated carbocycles. The van der Waals surface area contributed by atoms with Crippen molar-refractivity contribution in [3.05, 3.63) is 70.3 Å². The van der Waals surface area contributed by atoms with Crippen molar-refractivity contribution >= 4 is 44.4 Å².